The van der Waals surface area contributed by atoms with Crippen LogP contribution in [0.5, 0.6) is 0 Å². The van der Waals surface area contributed by atoms with E-state index in [4.69, 9.17) is 16.7 Å². The lowest BCUT2D eigenvalue weighted by atomic mass is 10.1. The van der Waals surface area contributed by atoms with Crippen molar-refractivity contribution in [3.63, 3.8) is 0 Å². The lowest BCUT2D eigenvalue weighted by Crippen LogP contribution is -2.38. The Hall–Kier alpha value is -1.62. The molecule has 0 aromatic carbocycles. The number of hydrogen-bond acceptors (Lipinski definition) is 3. The van der Waals surface area contributed by atoms with E-state index in [0.29, 0.717) is 6.54 Å². The highest BCUT2D eigenvalue weighted by Crippen LogP contribution is 2.16. The lowest BCUT2D eigenvalue weighted by molar-refractivity contribution is -0.137. The third-order valence-electron chi connectivity index (χ3n) is 2.20. The summed E-state index contributed by atoms with van der Waals surface area (Å²) < 4.78 is 0. The Morgan fingerprint density at radius 3 is 2.67 bits per heavy atom. The van der Waals surface area contributed by atoms with Gasteiger partial charge in [0.05, 0.1) is 10.6 Å². The van der Waals surface area contributed by atoms with Crippen LogP contribution in [-0.4, -0.2) is 40.0 Å². The molecule has 0 atom stereocenters. The fourth-order valence-electron chi connectivity index (χ4n) is 1.54. The van der Waals surface area contributed by atoms with Crippen LogP contribution in [-0.2, 0) is 4.79 Å². The monoisotopic (exact) mass is 270 g/mol. The van der Waals surface area contributed by atoms with Crippen LogP contribution in [0, 0.1) is 5.92 Å². The van der Waals surface area contributed by atoms with Crippen molar-refractivity contribution in [2.45, 2.75) is 13.8 Å². The molecule has 0 fully saturated rings. The fourth-order valence-corrected chi connectivity index (χ4v) is 1.74. The zero-order valence-electron chi connectivity index (χ0n) is 10.3. The van der Waals surface area contributed by atoms with E-state index in [1.807, 2.05) is 13.8 Å². The Labute approximate surface area is 110 Å². The quantitative estimate of drug-likeness (QED) is 0.887. The molecule has 0 saturated carbocycles. The highest BCUT2D eigenvalue weighted by atomic mass is 35.5. The lowest BCUT2D eigenvalue weighted by Gasteiger charge is -2.23. The molecule has 1 N–H and O–H groups in total. The van der Waals surface area contributed by atoms with Crippen molar-refractivity contribution in [1.82, 2.24) is 9.88 Å². The molecule has 0 bridgehead atoms. The summed E-state index contributed by atoms with van der Waals surface area (Å²) in [5, 5.41) is 9.05. The van der Waals surface area contributed by atoms with E-state index in [1.165, 1.54) is 23.4 Å². The van der Waals surface area contributed by atoms with Gasteiger partial charge in [-0.1, -0.05) is 25.4 Å². The standard InChI is InChI=1S/C12H15ClN2O3/c1-8(2)6-15(7-11(16)17)12(18)9-3-4-14-5-10(9)13/h3-5,8H,6-7H2,1-2H3,(H,16,17). The van der Waals surface area contributed by atoms with Gasteiger partial charge in [-0.25, -0.2) is 0 Å². The predicted molar refractivity (Wildman–Crippen MR) is 67.6 cm³/mol. The van der Waals surface area contributed by atoms with E-state index in [-0.39, 0.29) is 23.0 Å². The van der Waals surface area contributed by atoms with E-state index < -0.39 is 11.9 Å². The molecular weight excluding hydrogens is 256 g/mol. The molecule has 1 rings (SSSR count). The second-order valence-electron chi connectivity index (χ2n) is 4.33. The average molecular weight is 271 g/mol. The number of aromatic nitrogens is 1. The van der Waals surface area contributed by atoms with Gasteiger partial charge in [-0.2, -0.15) is 0 Å². The highest BCUT2D eigenvalue weighted by molar-refractivity contribution is 6.33. The molecule has 0 unspecified atom stereocenters. The number of hydrogen-bond donors (Lipinski definition) is 1. The SMILES string of the molecule is CC(C)CN(CC(=O)O)C(=O)c1ccncc1Cl. The minimum Gasteiger partial charge on any atom is -0.480 e. The van der Waals surface area contributed by atoms with Crippen LogP contribution in [0.2, 0.25) is 5.02 Å². The van der Waals surface area contributed by atoms with Gasteiger partial charge in [-0.05, 0) is 12.0 Å². The number of carboxylic acid groups (broad SMARTS) is 1. The molecular formula is C12H15ClN2O3. The number of rotatable bonds is 5. The van der Waals surface area contributed by atoms with Gasteiger partial charge in [0.1, 0.15) is 6.54 Å². The summed E-state index contributed by atoms with van der Waals surface area (Å²) in [6, 6.07) is 1.49. The van der Waals surface area contributed by atoms with Gasteiger partial charge < -0.3 is 10.0 Å². The molecule has 0 aliphatic rings. The molecule has 1 aromatic heterocycles. The Morgan fingerprint density at radius 1 is 1.50 bits per heavy atom. The Morgan fingerprint density at radius 2 is 2.17 bits per heavy atom. The molecule has 1 heterocycles. The average Bonchev–Trinajstić information content (AvgIpc) is 2.26. The molecule has 0 aliphatic heterocycles. The summed E-state index contributed by atoms with van der Waals surface area (Å²) in [6.45, 7) is 3.85. The minimum absolute atomic E-state index is 0.175. The van der Waals surface area contributed by atoms with Gasteiger partial charge in [-0.15, -0.1) is 0 Å². The normalized spacial score (nSPS) is 10.4. The van der Waals surface area contributed by atoms with Gasteiger partial charge in [0.25, 0.3) is 5.91 Å². The van der Waals surface area contributed by atoms with Gasteiger partial charge in [-0.3, -0.25) is 14.6 Å². The largest absolute Gasteiger partial charge is 0.480 e. The van der Waals surface area contributed by atoms with Crippen molar-refractivity contribution in [2.24, 2.45) is 5.92 Å². The number of aliphatic carboxylic acids is 1. The van der Waals surface area contributed by atoms with Crippen molar-refractivity contribution in [1.29, 1.82) is 0 Å². The molecule has 1 amide bonds. The number of pyridine rings is 1. The molecule has 5 nitrogen and oxygen atoms in total. The van der Waals surface area contributed by atoms with Gasteiger partial charge in [0.15, 0.2) is 0 Å². The second-order valence-corrected chi connectivity index (χ2v) is 4.74. The molecule has 18 heavy (non-hydrogen) atoms. The topological polar surface area (TPSA) is 70.5 Å². The number of carbonyl (C=O) groups excluding carboxylic acids is 1. The van der Waals surface area contributed by atoms with Gasteiger partial charge >= 0.3 is 5.97 Å². The van der Waals surface area contributed by atoms with Crippen LogP contribution in [0.3, 0.4) is 0 Å². The van der Waals surface area contributed by atoms with E-state index in [0.717, 1.165) is 0 Å². The zero-order chi connectivity index (χ0) is 13.7. The zero-order valence-corrected chi connectivity index (χ0v) is 11.0. The molecule has 0 aliphatic carbocycles. The third kappa shape index (κ3) is 4.00. The first-order valence-electron chi connectivity index (χ1n) is 5.52. The summed E-state index contributed by atoms with van der Waals surface area (Å²) in [5.41, 5.74) is 0.272. The van der Waals surface area contributed by atoms with E-state index in [9.17, 15) is 9.59 Å². The van der Waals surface area contributed by atoms with Crippen LogP contribution < -0.4 is 0 Å². The smallest absolute Gasteiger partial charge is 0.323 e. The number of halogens is 1. The van der Waals surface area contributed by atoms with Crippen LogP contribution >= 0.6 is 11.6 Å². The summed E-state index contributed by atoms with van der Waals surface area (Å²) >= 11 is 5.88. The molecule has 0 saturated heterocycles. The van der Waals surface area contributed by atoms with E-state index in [2.05, 4.69) is 4.98 Å². The van der Waals surface area contributed by atoms with Crippen LogP contribution in [0.1, 0.15) is 24.2 Å². The Balaban J connectivity index is 2.95. The molecule has 0 spiro atoms. The van der Waals surface area contributed by atoms with Gasteiger partial charge in [0, 0.05) is 18.9 Å². The number of carboxylic acids is 1. The fraction of sp³-hybridized carbons (Fsp3) is 0.417. The summed E-state index contributed by atoms with van der Waals surface area (Å²) in [5.74, 6) is -1.26. The van der Waals surface area contributed by atoms with Crippen molar-refractivity contribution in [3.05, 3.63) is 29.0 Å². The van der Waals surface area contributed by atoms with Crippen molar-refractivity contribution in [2.75, 3.05) is 13.1 Å². The molecule has 0 radical (unpaired) electrons. The maximum absolute atomic E-state index is 12.2. The third-order valence-corrected chi connectivity index (χ3v) is 2.50. The van der Waals surface area contributed by atoms with Gasteiger partial charge in [0.2, 0.25) is 0 Å². The number of amides is 1. The molecule has 98 valence electrons. The summed E-state index contributed by atoms with van der Waals surface area (Å²) in [6.07, 6.45) is 2.82. The number of carbonyl (C=O) groups is 2. The van der Waals surface area contributed by atoms with Crippen LogP contribution in [0.15, 0.2) is 18.5 Å². The number of nitrogens with zero attached hydrogens (tertiary/aromatic N) is 2. The maximum atomic E-state index is 12.2. The first kappa shape index (κ1) is 14.4. The molecule has 6 heteroatoms. The second kappa shape index (κ2) is 6.35. The van der Waals surface area contributed by atoms with E-state index >= 15 is 0 Å². The maximum Gasteiger partial charge on any atom is 0.323 e. The first-order chi connectivity index (χ1) is 8.41. The van der Waals surface area contributed by atoms with Crippen molar-refractivity contribution < 1.29 is 14.7 Å². The predicted octanol–water partition coefficient (Wildman–Crippen LogP) is 1.92. The Bertz CT molecular complexity index is 449. The summed E-state index contributed by atoms with van der Waals surface area (Å²) in [4.78, 5) is 28.0. The minimum atomic E-state index is -1.05. The van der Waals surface area contributed by atoms with E-state index in [1.54, 1.807) is 0 Å². The Kier molecular flexibility index (Phi) is 5.09. The van der Waals surface area contributed by atoms with Crippen LogP contribution in [0.4, 0.5) is 0 Å². The van der Waals surface area contributed by atoms with Crippen molar-refractivity contribution in [3.8, 4) is 0 Å². The summed E-state index contributed by atoms with van der Waals surface area (Å²) in [7, 11) is 0. The first-order valence-corrected chi connectivity index (χ1v) is 5.90. The highest BCUT2D eigenvalue weighted by Gasteiger charge is 2.21. The van der Waals surface area contributed by atoms with Crippen LogP contribution in [0.25, 0.3) is 0 Å². The molecule has 1 aromatic rings. The van der Waals surface area contributed by atoms with Crippen molar-refractivity contribution >= 4 is 23.5 Å².